The molecule has 1 aliphatic heterocycles. The van der Waals surface area contributed by atoms with Gasteiger partial charge in [-0.25, -0.2) is 0 Å². The second-order valence-electron chi connectivity index (χ2n) is 1.84. The lowest BCUT2D eigenvalue weighted by Gasteiger charge is -1.75. The summed E-state index contributed by atoms with van der Waals surface area (Å²) < 4.78 is 0. The molecule has 8 heavy (non-hydrogen) atoms. The van der Waals surface area contributed by atoms with Crippen molar-refractivity contribution in [1.29, 1.82) is 0 Å². The number of hydrogen-bond acceptors (Lipinski definition) is 1. The molecular formula is C7H5N+. The highest BCUT2D eigenvalue weighted by Gasteiger charge is 2.15. The Morgan fingerprint density at radius 3 is 3.12 bits per heavy atom. The van der Waals surface area contributed by atoms with Gasteiger partial charge in [0.25, 0.3) is 0 Å². The van der Waals surface area contributed by atoms with Gasteiger partial charge in [-0.3, -0.25) is 0 Å². The molecule has 37 valence electrons. The van der Waals surface area contributed by atoms with Crippen molar-refractivity contribution in [3.63, 3.8) is 0 Å². The van der Waals surface area contributed by atoms with E-state index in [0.717, 1.165) is 0 Å². The van der Waals surface area contributed by atoms with E-state index in [1.165, 1.54) is 11.1 Å². The van der Waals surface area contributed by atoms with Crippen LogP contribution in [-0.4, -0.2) is 6.21 Å². The van der Waals surface area contributed by atoms with Gasteiger partial charge in [0, 0.05) is 0 Å². The van der Waals surface area contributed by atoms with Gasteiger partial charge in [-0.05, 0) is 12.2 Å². The van der Waals surface area contributed by atoms with Crippen molar-refractivity contribution in [2.75, 3.05) is 0 Å². The Kier molecular flexibility index (Phi) is 0.570. The minimum Gasteiger partial charge on any atom is -0.0606 e. The zero-order valence-electron chi connectivity index (χ0n) is 4.33. The summed E-state index contributed by atoms with van der Waals surface area (Å²) in [6, 6.07) is 0. The molecule has 1 nitrogen and oxygen atoms in total. The Labute approximate surface area is 47.7 Å². The van der Waals surface area contributed by atoms with Crippen molar-refractivity contribution < 1.29 is 0 Å². The van der Waals surface area contributed by atoms with Crippen LogP contribution in [0.2, 0.25) is 0 Å². The Morgan fingerprint density at radius 2 is 2.25 bits per heavy atom. The molecule has 0 aromatic carbocycles. The molecule has 0 fully saturated rings. The number of aliphatic imine (C=N–C) groups is 1. The molecule has 1 heteroatoms. The second-order valence-corrected chi connectivity index (χ2v) is 1.84. The number of fused-ring (bicyclic) bond motifs is 1. The van der Waals surface area contributed by atoms with E-state index in [1.807, 2.05) is 18.5 Å². The molecule has 0 aromatic rings. The number of rotatable bonds is 0. The molecule has 2 aliphatic rings. The molecule has 0 spiro atoms. The summed E-state index contributed by atoms with van der Waals surface area (Å²) >= 11 is 0. The summed E-state index contributed by atoms with van der Waals surface area (Å²) in [7, 11) is 0. The molecule has 1 heterocycles. The summed E-state index contributed by atoms with van der Waals surface area (Å²) in [6.45, 7) is 0. The van der Waals surface area contributed by atoms with Gasteiger partial charge in [0.05, 0.1) is 16.1 Å². The Hall–Kier alpha value is -1.11. The molecule has 1 radical (unpaired) electrons. The monoisotopic (exact) mass is 103 g/mol. The van der Waals surface area contributed by atoms with Crippen LogP contribution in [-0.2, 0) is 0 Å². The summed E-state index contributed by atoms with van der Waals surface area (Å²) in [4.78, 5) is 3.96. The van der Waals surface area contributed by atoms with Crippen LogP contribution < -0.4 is 4.99 Å². The molecule has 0 saturated heterocycles. The van der Waals surface area contributed by atoms with Crippen LogP contribution in [0.15, 0.2) is 35.6 Å². The van der Waals surface area contributed by atoms with Crippen LogP contribution in [0.3, 0.4) is 0 Å². The van der Waals surface area contributed by atoms with E-state index in [2.05, 4.69) is 17.1 Å². The number of nitrogens with zero attached hydrogens (tertiary/aromatic N) is 1. The first-order chi connectivity index (χ1) is 3.97. The van der Waals surface area contributed by atoms with Gasteiger partial charge in [0.1, 0.15) is 0 Å². The molecule has 2 rings (SSSR count). The summed E-state index contributed by atoms with van der Waals surface area (Å²) in [5.41, 5.74) is 2.48. The van der Waals surface area contributed by atoms with E-state index in [1.54, 1.807) is 0 Å². The predicted molar refractivity (Wildman–Crippen MR) is 33.5 cm³/mol. The first kappa shape index (κ1) is 3.84. The quantitative estimate of drug-likeness (QED) is 0.430. The van der Waals surface area contributed by atoms with E-state index in [9.17, 15) is 0 Å². The van der Waals surface area contributed by atoms with E-state index >= 15 is 0 Å². The lowest BCUT2D eigenvalue weighted by atomic mass is 10.2. The summed E-state index contributed by atoms with van der Waals surface area (Å²) in [5.74, 6) is 0. The molecule has 0 unspecified atom stereocenters. The first-order valence-corrected chi connectivity index (χ1v) is 2.59. The van der Waals surface area contributed by atoms with Crippen molar-refractivity contribution in [2.24, 2.45) is 0 Å². The van der Waals surface area contributed by atoms with Crippen molar-refractivity contribution in [3.8, 4) is 0 Å². The summed E-state index contributed by atoms with van der Waals surface area (Å²) in [5, 5.41) is 0. The van der Waals surface area contributed by atoms with Crippen LogP contribution in [0.1, 0.15) is 0 Å². The molecule has 1 aliphatic carbocycles. The van der Waals surface area contributed by atoms with Crippen LogP contribution in [0.5, 0.6) is 0 Å². The Morgan fingerprint density at radius 1 is 1.25 bits per heavy atom. The Balaban J connectivity index is 2.59. The zero-order valence-corrected chi connectivity index (χ0v) is 4.33. The van der Waals surface area contributed by atoms with Crippen LogP contribution in [0.4, 0.5) is 0 Å². The smallest absolute Gasteiger partial charge is 0.0606 e. The highest BCUT2D eigenvalue weighted by Crippen LogP contribution is 2.17. The highest BCUT2D eigenvalue weighted by atomic mass is 14.7. The van der Waals surface area contributed by atoms with Gasteiger partial charge >= 0.3 is 0 Å². The fraction of sp³-hybridized carbons (Fsp3) is 0. The van der Waals surface area contributed by atoms with Crippen molar-refractivity contribution in [3.05, 3.63) is 35.6 Å². The molecule has 0 N–H and O–H groups in total. The van der Waals surface area contributed by atoms with E-state index in [-0.39, 0.29) is 0 Å². The van der Waals surface area contributed by atoms with Gasteiger partial charge in [0.15, 0.2) is 0 Å². The molecule has 0 aromatic heterocycles. The van der Waals surface area contributed by atoms with Gasteiger partial charge in [-0.15, -0.1) is 0 Å². The minimum atomic E-state index is 1.24. The minimum absolute atomic E-state index is 1.24. The van der Waals surface area contributed by atoms with Crippen LogP contribution in [0, 0.1) is 0 Å². The van der Waals surface area contributed by atoms with E-state index in [4.69, 9.17) is 0 Å². The molecule has 0 atom stereocenters. The zero-order chi connectivity index (χ0) is 5.40. The molecular weight excluding hydrogens is 98.1 g/mol. The average molecular weight is 103 g/mol. The SMILES string of the molecule is C1=CC2=C[N+]=CC2=C1. The van der Waals surface area contributed by atoms with Crippen LogP contribution in [0.25, 0.3) is 0 Å². The van der Waals surface area contributed by atoms with Crippen molar-refractivity contribution in [1.82, 2.24) is 4.99 Å². The maximum atomic E-state index is 3.96. The molecule has 0 bridgehead atoms. The fourth-order valence-corrected chi connectivity index (χ4v) is 0.881. The van der Waals surface area contributed by atoms with E-state index < -0.39 is 0 Å². The third-order valence-electron chi connectivity index (χ3n) is 1.31. The lowest BCUT2D eigenvalue weighted by molar-refractivity contribution is 1.42. The predicted octanol–water partition coefficient (Wildman–Crippen LogP) is 0.787. The average Bonchev–Trinajstić information content (AvgIpc) is 2.15. The molecule has 0 saturated carbocycles. The van der Waals surface area contributed by atoms with Gasteiger partial charge in [-0.1, -0.05) is 6.08 Å². The second kappa shape index (κ2) is 1.19. The lowest BCUT2D eigenvalue weighted by Crippen LogP contribution is -1.76. The number of hydrogen-bond donors (Lipinski definition) is 0. The third-order valence-corrected chi connectivity index (χ3v) is 1.31. The van der Waals surface area contributed by atoms with E-state index in [0.29, 0.717) is 0 Å². The van der Waals surface area contributed by atoms with Crippen molar-refractivity contribution >= 4 is 6.21 Å². The first-order valence-electron chi connectivity index (χ1n) is 2.59. The highest BCUT2D eigenvalue weighted by molar-refractivity contribution is 5.90. The largest absolute Gasteiger partial charge is 0.250 e. The normalized spacial score (nSPS) is 21.0. The van der Waals surface area contributed by atoms with Gasteiger partial charge < -0.3 is 0 Å². The molecule has 0 amide bonds. The van der Waals surface area contributed by atoms with Crippen molar-refractivity contribution in [2.45, 2.75) is 0 Å². The van der Waals surface area contributed by atoms with Crippen LogP contribution >= 0.6 is 0 Å². The Bertz CT molecular complexity index is 203. The number of allylic oxidation sites excluding steroid dienone is 5. The topological polar surface area (TPSA) is 14.1 Å². The standard InChI is InChI=1S/C7H5N/c1-2-6-4-8-5-7(6)3-1/h1-5H/q+1. The summed E-state index contributed by atoms with van der Waals surface area (Å²) in [6.07, 6.45) is 9.89. The fourth-order valence-electron chi connectivity index (χ4n) is 0.881. The van der Waals surface area contributed by atoms with Gasteiger partial charge in [-0.2, -0.15) is 0 Å². The third kappa shape index (κ3) is 0.334. The van der Waals surface area contributed by atoms with Gasteiger partial charge in [0.2, 0.25) is 12.4 Å². The maximum absolute atomic E-state index is 3.96. The maximum Gasteiger partial charge on any atom is 0.250 e.